The first-order chi connectivity index (χ1) is 10.7. The lowest BCUT2D eigenvalue weighted by Gasteiger charge is -2.19. The fraction of sp³-hybridized carbons (Fsp3) is 0.429. The fourth-order valence-corrected chi connectivity index (χ4v) is 1.88. The average Bonchev–Trinajstić information content (AvgIpc) is 2.90. The fourth-order valence-electron chi connectivity index (χ4n) is 1.66. The van der Waals surface area contributed by atoms with Gasteiger partial charge in [0.2, 0.25) is 0 Å². The third-order valence-electron chi connectivity index (χ3n) is 2.87. The van der Waals surface area contributed by atoms with Crippen molar-refractivity contribution in [3.05, 3.63) is 23.2 Å². The Bertz CT molecular complexity index is 708. The lowest BCUT2D eigenvalue weighted by Crippen LogP contribution is -2.27. The lowest BCUT2D eigenvalue weighted by molar-refractivity contribution is 0.230. The van der Waals surface area contributed by atoms with Crippen LogP contribution in [0.3, 0.4) is 0 Å². The van der Waals surface area contributed by atoms with E-state index in [1.165, 1.54) is 4.90 Å². The Hall–Kier alpha value is -2.35. The van der Waals surface area contributed by atoms with Gasteiger partial charge in [0.25, 0.3) is 0 Å². The maximum atomic E-state index is 11.6. The molecule has 0 saturated heterocycles. The van der Waals surface area contributed by atoms with Crippen LogP contribution >= 0.6 is 11.6 Å². The SMILES string of the molecule is CN(C)C(=O)Nc1ccc(Oc2nnnn2C(C)(C)C)c(Cl)c1. The third-order valence-corrected chi connectivity index (χ3v) is 3.16. The molecule has 0 saturated carbocycles. The van der Waals surface area contributed by atoms with Crippen LogP contribution < -0.4 is 10.1 Å². The highest BCUT2D eigenvalue weighted by Crippen LogP contribution is 2.32. The molecule has 0 radical (unpaired) electrons. The van der Waals surface area contributed by atoms with Crippen molar-refractivity contribution in [2.75, 3.05) is 19.4 Å². The highest BCUT2D eigenvalue weighted by atomic mass is 35.5. The Kier molecular flexibility index (Phi) is 4.74. The van der Waals surface area contributed by atoms with E-state index < -0.39 is 0 Å². The second kappa shape index (κ2) is 6.41. The molecule has 0 aliphatic rings. The van der Waals surface area contributed by atoms with E-state index in [1.807, 2.05) is 20.8 Å². The summed E-state index contributed by atoms with van der Waals surface area (Å²) in [5, 5.41) is 14.4. The number of benzene rings is 1. The predicted octanol–water partition coefficient (Wildman–Crippen LogP) is 2.97. The molecule has 0 bridgehead atoms. The summed E-state index contributed by atoms with van der Waals surface area (Å²) in [6.07, 6.45) is 0. The minimum Gasteiger partial charge on any atom is -0.422 e. The van der Waals surface area contributed by atoms with E-state index in [-0.39, 0.29) is 17.6 Å². The standard InChI is InChI=1S/C14H19ClN6O2/c1-14(2,3)21-13(17-18-19-21)23-11-7-6-9(8-10(11)15)16-12(22)20(4)5/h6-8H,1-5H3,(H,16,22). The molecule has 1 N–H and O–H groups in total. The zero-order chi connectivity index (χ0) is 17.2. The van der Waals surface area contributed by atoms with Crippen LogP contribution in [-0.2, 0) is 5.54 Å². The molecule has 0 unspecified atom stereocenters. The lowest BCUT2D eigenvalue weighted by atomic mass is 10.1. The van der Waals surface area contributed by atoms with E-state index in [0.29, 0.717) is 16.5 Å². The molecule has 2 rings (SSSR count). The number of carbonyl (C=O) groups is 1. The molecule has 0 spiro atoms. The van der Waals surface area contributed by atoms with Crippen molar-refractivity contribution in [1.82, 2.24) is 25.1 Å². The molecule has 9 heteroatoms. The number of hydrogen-bond acceptors (Lipinski definition) is 5. The molecule has 1 heterocycles. The van der Waals surface area contributed by atoms with E-state index in [9.17, 15) is 4.79 Å². The number of nitrogens with one attached hydrogen (secondary N) is 1. The smallest absolute Gasteiger partial charge is 0.341 e. The van der Waals surface area contributed by atoms with Gasteiger partial charge in [-0.25, -0.2) is 4.79 Å². The number of amides is 2. The number of tetrazole rings is 1. The van der Waals surface area contributed by atoms with Crippen molar-refractivity contribution in [1.29, 1.82) is 0 Å². The number of rotatable bonds is 3. The van der Waals surface area contributed by atoms with Gasteiger partial charge in [-0.05, 0) is 49.4 Å². The van der Waals surface area contributed by atoms with Gasteiger partial charge in [0.1, 0.15) is 5.75 Å². The minimum atomic E-state index is -0.328. The molecule has 0 fully saturated rings. The summed E-state index contributed by atoms with van der Waals surface area (Å²) in [6.45, 7) is 5.87. The van der Waals surface area contributed by atoms with Crippen molar-refractivity contribution in [3.8, 4) is 11.8 Å². The van der Waals surface area contributed by atoms with Gasteiger partial charge in [0.05, 0.1) is 10.6 Å². The first-order valence-electron chi connectivity index (χ1n) is 6.93. The second-order valence-corrected chi connectivity index (χ2v) is 6.52. The molecular weight excluding hydrogens is 320 g/mol. The van der Waals surface area contributed by atoms with Crippen molar-refractivity contribution in [3.63, 3.8) is 0 Å². The van der Waals surface area contributed by atoms with Crippen molar-refractivity contribution < 1.29 is 9.53 Å². The number of hydrogen-bond donors (Lipinski definition) is 1. The summed E-state index contributed by atoms with van der Waals surface area (Å²) in [6, 6.07) is 4.93. The van der Waals surface area contributed by atoms with E-state index in [1.54, 1.807) is 37.0 Å². The Balaban J connectivity index is 2.20. The van der Waals surface area contributed by atoms with Gasteiger partial charge in [-0.1, -0.05) is 16.7 Å². The molecule has 1 aromatic heterocycles. The number of nitrogens with zero attached hydrogens (tertiary/aromatic N) is 5. The monoisotopic (exact) mass is 338 g/mol. The van der Waals surface area contributed by atoms with Crippen LogP contribution in [0.5, 0.6) is 11.8 Å². The molecule has 1 aromatic carbocycles. The first-order valence-corrected chi connectivity index (χ1v) is 7.31. The predicted molar refractivity (Wildman–Crippen MR) is 87.0 cm³/mol. The van der Waals surface area contributed by atoms with E-state index in [0.717, 1.165) is 0 Å². The third kappa shape index (κ3) is 4.10. The normalized spacial score (nSPS) is 11.2. The van der Waals surface area contributed by atoms with Crippen molar-refractivity contribution in [2.45, 2.75) is 26.3 Å². The molecule has 23 heavy (non-hydrogen) atoms. The summed E-state index contributed by atoms with van der Waals surface area (Å²) in [5.41, 5.74) is 0.238. The Morgan fingerprint density at radius 1 is 1.35 bits per heavy atom. The topological polar surface area (TPSA) is 85.2 Å². The largest absolute Gasteiger partial charge is 0.422 e. The summed E-state index contributed by atoms with van der Waals surface area (Å²) < 4.78 is 7.25. The number of ether oxygens (including phenoxy) is 1. The van der Waals surface area contributed by atoms with Gasteiger partial charge in [-0.2, -0.15) is 4.68 Å². The van der Waals surface area contributed by atoms with Gasteiger partial charge in [0, 0.05) is 19.8 Å². The van der Waals surface area contributed by atoms with Crippen LogP contribution in [0, 0.1) is 0 Å². The molecule has 124 valence electrons. The van der Waals surface area contributed by atoms with Gasteiger partial charge >= 0.3 is 12.0 Å². The van der Waals surface area contributed by atoms with Gasteiger partial charge in [-0.15, -0.1) is 0 Å². The van der Waals surface area contributed by atoms with Crippen LogP contribution in [0.25, 0.3) is 0 Å². The highest BCUT2D eigenvalue weighted by molar-refractivity contribution is 6.32. The zero-order valence-corrected chi connectivity index (χ0v) is 14.4. The van der Waals surface area contributed by atoms with Crippen LogP contribution in [-0.4, -0.2) is 45.2 Å². The Morgan fingerprint density at radius 2 is 2.04 bits per heavy atom. The van der Waals surface area contributed by atoms with E-state index in [2.05, 4.69) is 20.8 Å². The second-order valence-electron chi connectivity index (χ2n) is 6.12. The summed E-state index contributed by atoms with van der Waals surface area (Å²) >= 11 is 6.21. The summed E-state index contributed by atoms with van der Waals surface area (Å²) in [5.74, 6) is 0.398. The number of anilines is 1. The number of urea groups is 1. The van der Waals surface area contributed by atoms with Crippen LogP contribution in [0.2, 0.25) is 5.02 Å². The van der Waals surface area contributed by atoms with Crippen LogP contribution in [0.4, 0.5) is 10.5 Å². The highest BCUT2D eigenvalue weighted by Gasteiger charge is 2.22. The van der Waals surface area contributed by atoms with Crippen LogP contribution in [0.1, 0.15) is 20.8 Å². The van der Waals surface area contributed by atoms with Gasteiger partial charge < -0.3 is 15.0 Å². The maximum Gasteiger partial charge on any atom is 0.341 e. The Labute approximate surface area is 139 Å². The van der Waals surface area contributed by atoms with Gasteiger partial charge in [-0.3, -0.25) is 0 Å². The molecular formula is C14H19ClN6O2. The van der Waals surface area contributed by atoms with Crippen LogP contribution in [0.15, 0.2) is 18.2 Å². The quantitative estimate of drug-likeness (QED) is 0.929. The minimum absolute atomic E-state index is 0.240. The molecule has 0 aliphatic carbocycles. The molecule has 2 aromatic rings. The first kappa shape index (κ1) is 17.0. The summed E-state index contributed by atoms with van der Waals surface area (Å²) in [4.78, 5) is 13.1. The number of carbonyl (C=O) groups excluding carboxylic acids is 1. The van der Waals surface area contributed by atoms with Crippen molar-refractivity contribution in [2.24, 2.45) is 0 Å². The maximum absolute atomic E-state index is 11.6. The molecule has 2 amide bonds. The molecule has 0 atom stereocenters. The molecule has 8 nitrogen and oxygen atoms in total. The zero-order valence-electron chi connectivity index (χ0n) is 13.7. The average molecular weight is 339 g/mol. The Morgan fingerprint density at radius 3 is 2.61 bits per heavy atom. The molecule has 0 aliphatic heterocycles. The summed E-state index contributed by atoms with van der Waals surface area (Å²) in [7, 11) is 3.31. The van der Waals surface area contributed by atoms with Crippen molar-refractivity contribution >= 4 is 23.3 Å². The number of halogens is 1. The van der Waals surface area contributed by atoms with Gasteiger partial charge in [0.15, 0.2) is 0 Å². The van der Waals surface area contributed by atoms with E-state index >= 15 is 0 Å². The van der Waals surface area contributed by atoms with E-state index in [4.69, 9.17) is 16.3 Å². The number of aromatic nitrogens is 4.